The Morgan fingerprint density at radius 3 is 2.70 bits per heavy atom. The molecule has 2 aromatic rings. The van der Waals surface area contributed by atoms with Gasteiger partial charge in [-0.05, 0) is 25.0 Å². The summed E-state index contributed by atoms with van der Waals surface area (Å²) in [5, 5.41) is 7.29. The fourth-order valence-electron chi connectivity index (χ4n) is 3.42. The third-order valence-electron chi connectivity index (χ3n) is 4.81. The number of hydrogen-bond donors (Lipinski definition) is 1. The first-order valence-electron chi connectivity index (χ1n) is 9.35. The molecule has 3 rings (SSSR count). The predicted octanol–water partition coefficient (Wildman–Crippen LogP) is 2.78. The summed E-state index contributed by atoms with van der Waals surface area (Å²) < 4.78 is 15.8. The van der Waals surface area contributed by atoms with E-state index >= 15 is 0 Å². The minimum Gasteiger partial charge on any atom is -0.475 e. The summed E-state index contributed by atoms with van der Waals surface area (Å²) in [7, 11) is 1.60. The highest BCUT2D eigenvalue weighted by molar-refractivity contribution is 5.96. The molecular weight excluding hydrogens is 348 g/mol. The number of nitrogens with one attached hydrogen (secondary N) is 1. The Morgan fingerprint density at radius 2 is 2.04 bits per heavy atom. The van der Waals surface area contributed by atoms with Crippen LogP contribution in [0, 0.1) is 6.92 Å². The second kappa shape index (κ2) is 8.94. The molecule has 0 atom stereocenters. The van der Waals surface area contributed by atoms with E-state index in [9.17, 15) is 4.79 Å². The standard InChI is InChI=1S/C19H26N4O4/c1-14-21-18(23-27-14)19(9-5-3-4-6-10-19)22-16(24)15-8-7-11-20-17(15)26-13-12-25-2/h7-8,11H,3-6,9-10,12-13H2,1-2H3,(H,22,24). The zero-order valence-corrected chi connectivity index (χ0v) is 15.9. The highest BCUT2D eigenvalue weighted by Gasteiger charge is 2.39. The Labute approximate surface area is 158 Å². The van der Waals surface area contributed by atoms with Gasteiger partial charge < -0.3 is 19.3 Å². The van der Waals surface area contributed by atoms with Crippen molar-refractivity contribution >= 4 is 5.91 Å². The van der Waals surface area contributed by atoms with Crippen molar-refractivity contribution in [1.82, 2.24) is 20.4 Å². The number of hydrogen-bond acceptors (Lipinski definition) is 7. The molecule has 0 aliphatic heterocycles. The first kappa shape index (κ1) is 19.3. The van der Waals surface area contributed by atoms with Crippen molar-refractivity contribution in [3.63, 3.8) is 0 Å². The molecule has 0 unspecified atom stereocenters. The van der Waals surface area contributed by atoms with Crippen LogP contribution in [0.4, 0.5) is 0 Å². The molecule has 1 saturated carbocycles. The van der Waals surface area contributed by atoms with Crippen LogP contribution in [0.3, 0.4) is 0 Å². The number of pyridine rings is 1. The van der Waals surface area contributed by atoms with Crippen LogP contribution in [-0.2, 0) is 10.3 Å². The van der Waals surface area contributed by atoms with E-state index in [0.717, 1.165) is 38.5 Å². The van der Waals surface area contributed by atoms with Gasteiger partial charge in [0, 0.05) is 20.2 Å². The first-order valence-corrected chi connectivity index (χ1v) is 9.35. The van der Waals surface area contributed by atoms with Crippen LogP contribution in [0.2, 0.25) is 0 Å². The van der Waals surface area contributed by atoms with E-state index in [-0.39, 0.29) is 5.91 Å². The SMILES string of the molecule is COCCOc1ncccc1C(=O)NC1(c2noc(C)n2)CCCCCC1. The summed E-state index contributed by atoms with van der Waals surface area (Å²) in [5.41, 5.74) is -0.247. The summed E-state index contributed by atoms with van der Waals surface area (Å²) in [6, 6.07) is 3.42. The summed E-state index contributed by atoms with van der Waals surface area (Å²) in [4.78, 5) is 21.7. The van der Waals surface area contributed by atoms with E-state index < -0.39 is 5.54 Å². The van der Waals surface area contributed by atoms with Gasteiger partial charge in [0.15, 0.2) is 5.82 Å². The number of nitrogens with zero attached hydrogens (tertiary/aromatic N) is 3. The van der Waals surface area contributed by atoms with Gasteiger partial charge in [-0.25, -0.2) is 4.98 Å². The summed E-state index contributed by atoms with van der Waals surface area (Å²) in [6.07, 6.45) is 7.41. The molecule has 0 saturated heterocycles. The lowest BCUT2D eigenvalue weighted by molar-refractivity contribution is 0.0867. The highest BCUT2D eigenvalue weighted by Crippen LogP contribution is 2.35. The number of carbonyl (C=O) groups excluding carboxylic acids is 1. The highest BCUT2D eigenvalue weighted by atomic mass is 16.5. The van der Waals surface area contributed by atoms with Gasteiger partial charge >= 0.3 is 0 Å². The number of aromatic nitrogens is 3. The Balaban J connectivity index is 1.85. The lowest BCUT2D eigenvalue weighted by Crippen LogP contribution is -2.46. The van der Waals surface area contributed by atoms with Crippen LogP contribution in [0.15, 0.2) is 22.9 Å². The third-order valence-corrected chi connectivity index (χ3v) is 4.81. The molecule has 146 valence electrons. The summed E-state index contributed by atoms with van der Waals surface area (Å²) in [5.74, 6) is 1.08. The van der Waals surface area contributed by atoms with E-state index in [4.69, 9.17) is 14.0 Å². The molecule has 0 aromatic carbocycles. The molecule has 1 amide bonds. The largest absolute Gasteiger partial charge is 0.475 e. The Kier molecular flexibility index (Phi) is 6.39. The van der Waals surface area contributed by atoms with Crippen LogP contribution in [0.1, 0.15) is 60.6 Å². The van der Waals surface area contributed by atoms with E-state index in [0.29, 0.717) is 36.4 Å². The van der Waals surface area contributed by atoms with Crippen molar-refractivity contribution in [2.75, 3.05) is 20.3 Å². The van der Waals surface area contributed by atoms with E-state index in [1.54, 1.807) is 32.4 Å². The van der Waals surface area contributed by atoms with Crippen LogP contribution < -0.4 is 10.1 Å². The lowest BCUT2D eigenvalue weighted by Gasteiger charge is -2.30. The zero-order chi connectivity index (χ0) is 19.1. The molecule has 0 radical (unpaired) electrons. The van der Waals surface area contributed by atoms with Crippen molar-refractivity contribution in [3.8, 4) is 5.88 Å². The quantitative estimate of drug-likeness (QED) is 0.587. The van der Waals surface area contributed by atoms with Crippen LogP contribution in [-0.4, -0.2) is 41.4 Å². The number of aryl methyl sites for hydroxylation is 1. The number of methoxy groups -OCH3 is 1. The van der Waals surface area contributed by atoms with Crippen LogP contribution in [0.25, 0.3) is 0 Å². The number of amides is 1. The smallest absolute Gasteiger partial charge is 0.257 e. The summed E-state index contributed by atoms with van der Waals surface area (Å²) >= 11 is 0. The van der Waals surface area contributed by atoms with Gasteiger partial charge in [-0.1, -0.05) is 30.8 Å². The lowest BCUT2D eigenvalue weighted by atomic mass is 9.88. The third kappa shape index (κ3) is 4.63. The van der Waals surface area contributed by atoms with Crippen molar-refractivity contribution in [3.05, 3.63) is 35.6 Å². The van der Waals surface area contributed by atoms with Crippen molar-refractivity contribution in [2.24, 2.45) is 0 Å². The van der Waals surface area contributed by atoms with Gasteiger partial charge in [0.25, 0.3) is 5.91 Å². The molecule has 1 aliphatic rings. The zero-order valence-electron chi connectivity index (χ0n) is 15.9. The van der Waals surface area contributed by atoms with Crippen molar-refractivity contribution in [2.45, 2.75) is 51.0 Å². The van der Waals surface area contributed by atoms with Gasteiger partial charge in [0.2, 0.25) is 11.8 Å². The molecule has 0 spiro atoms. The fraction of sp³-hybridized carbons (Fsp3) is 0.579. The van der Waals surface area contributed by atoms with Gasteiger partial charge in [-0.3, -0.25) is 4.79 Å². The molecule has 27 heavy (non-hydrogen) atoms. The number of ether oxygens (including phenoxy) is 2. The van der Waals surface area contributed by atoms with E-state index in [1.165, 1.54) is 0 Å². The fourth-order valence-corrected chi connectivity index (χ4v) is 3.42. The Bertz CT molecular complexity index is 754. The average molecular weight is 374 g/mol. The van der Waals surface area contributed by atoms with Gasteiger partial charge in [-0.2, -0.15) is 4.98 Å². The van der Waals surface area contributed by atoms with Crippen molar-refractivity contribution < 1.29 is 18.8 Å². The second-order valence-electron chi connectivity index (χ2n) is 6.78. The second-order valence-corrected chi connectivity index (χ2v) is 6.78. The monoisotopic (exact) mass is 374 g/mol. The van der Waals surface area contributed by atoms with E-state index in [2.05, 4.69) is 20.4 Å². The molecule has 8 heteroatoms. The molecule has 0 bridgehead atoms. The summed E-state index contributed by atoms with van der Waals surface area (Å²) in [6.45, 7) is 2.50. The molecule has 2 heterocycles. The normalized spacial score (nSPS) is 16.5. The molecular formula is C19H26N4O4. The first-order chi connectivity index (χ1) is 13.1. The Morgan fingerprint density at radius 1 is 1.26 bits per heavy atom. The van der Waals surface area contributed by atoms with Gasteiger partial charge in [0.1, 0.15) is 17.7 Å². The maximum absolute atomic E-state index is 13.1. The average Bonchev–Trinajstić information content (AvgIpc) is 2.98. The minimum absolute atomic E-state index is 0.250. The molecule has 8 nitrogen and oxygen atoms in total. The molecule has 1 N–H and O–H groups in total. The molecule has 2 aromatic heterocycles. The van der Waals surface area contributed by atoms with Crippen molar-refractivity contribution in [1.29, 1.82) is 0 Å². The van der Waals surface area contributed by atoms with Crippen LogP contribution in [0.5, 0.6) is 5.88 Å². The molecule has 1 aliphatic carbocycles. The van der Waals surface area contributed by atoms with Gasteiger partial charge in [0.05, 0.1) is 6.61 Å². The minimum atomic E-state index is -0.634. The number of carbonyl (C=O) groups is 1. The van der Waals surface area contributed by atoms with Crippen LogP contribution >= 0.6 is 0 Å². The topological polar surface area (TPSA) is 99.4 Å². The van der Waals surface area contributed by atoms with Gasteiger partial charge in [-0.15, -0.1) is 0 Å². The maximum Gasteiger partial charge on any atom is 0.257 e. The predicted molar refractivity (Wildman–Crippen MR) is 97.5 cm³/mol. The maximum atomic E-state index is 13.1. The number of rotatable bonds is 7. The Hall–Kier alpha value is -2.48. The van der Waals surface area contributed by atoms with E-state index in [1.807, 2.05) is 0 Å². The molecule has 1 fully saturated rings.